The van der Waals surface area contributed by atoms with E-state index in [9.17, 15) is 18.0 Å². The number of likely N-dealkylation sites (tertiary alicyclic amines) is 1. The minimum Gasteiger partial charge on any atom is -0.337 e. The summed E-state index contributed by atoms with van der Waals surface area (Å²) in [7, 11) is 0. The molecule has 1 amide bonds. The molecule has 1 aromatic rings. The number of halogens is 3. The summed E-state index contributed by atoms with van der Waals surface area (Å²) in [5.41, 5.74) is -0.497. The van der Waals surface area contributed by atoms with Gasteiger partial charge in [-0.05, 0) is 36.9 Å². The lowest BCUT2D eigenvalue weighted by Gasteiger charge is -2.20. The molecule has 0 bridgehead atoms. The molecule has 22 heavy (non-hydrogen) atoms. The first kappa shape index (κ1) is 15.3. The topological polar surface area (TPSA) is 32.3 Å². The van der Waals surface area contributed by atoms with Gasteiger partial charge in [-0.15, -0.1) is 0 Å². The zero-order valence-electron chi connectivity index (χ0n) is 12.2. The van der Waals surface area contributed by atoms with Crippen LogP contribution in [0.25, 0.3) is 0 Å². The van der Waals surface area contributed by atoms with E-state index < -0.39 is 11.7 Å². The molecule has 3 nitrogen and oxygen atoms in total. The number of benzene rings is 1. The molecule has 0 spiro atoms. The van der Waals surface area contributed by atoms with E-state index in [1.165, 1.54) is 29.9 Å². The first-order chi connectivity index (χ1) is 10.4. The largest absolute Gasteiger partial charge is 0.416 e. The van der Waals surface area contributed by atoms with E-state index in [1.807, 2.05) is 0 Å². The van der Waals surface area contributed by atoms with Crippen molar-refractivity contribution in [1.29, 1.82) is 0 Å². The van der Waals surface area contributed by atoms with Gasteiger partial charge in [0.25, 0.3) is 0 Å². The Morgan fingerprint density at radius 1 is 1.23 bits per heavy atom. The standard InChI is InChI=1S/C16H19F3N2O/c17-16(18,19)14-4-2-1-3-12(14)9-21-10-13(7-15(21)22)20-8-11-5-6-11/h1-4,11,13,20H,5-10H2/t13-/m1/s1. The second-order valence-electron chi connectivity index (χ2n) is 6.18. The maximum atomic E-state index is 13.0. The molecule has 1 saturated heterocycles. The van der Waals surface area contributed by atoms with Gasteiger partial charge >= 0.3 is 6.18 Å². The number of alkyl halides is 3. The van der Waals surface area contributed by atoms with E-state index in [0.29, 0.717) is 13.0 Å². The van der Waals surface area contributed by atoms with Crippen molar-refractivity contribution < 1.29 is 18.0 Å². The summed E-state index contributed by atoms with van der Waals surface area (Å²) in [6, 6.07) is 5.53. The Labute approximate surface area is 127 Å². The Bertz CT molecular complexity index is 555. The minimum absolute atomic E-state index is 0.0239. The van der Waals surface area contributed by atoms with Crippen LogP contribution in [-0.4, -0.2) is 29.9 Å². The summed E-state index contributed by atoms with van der Waals surface area (Å²) < 4.78 is 39.0. The first-order valence-electron chi connectivity index (χ1n) is 7.60. The molecule has 6 heteroatoms. The van der Waals surface area contributed by atoms with E-state index in [0.717, 1.165) is 18.5 Å². The highest BCUT2D eigenvalue weighted by Crippen LogP contribution is 2.33. The highest BCUT2D eigenvalue weighted by atomic mass is 19.4. The van der Waals surface area contributed by atoms with Gasteiger partial charge < -0.3 is 10.2 Å². The van der Waals surface area contributed by atoms with E-state index >= 15 is 0 Å². The number of carbonyl (C=O) groups is 1. The van der Waals surface area contributed by atoms with Crippen molar-refractivity contribution in [1.82, 2.24) is 10.2 Å². The molecule has 0 aromatic heterocycles. The van der Waals surface area contributed by atoms with Crippen molar-refractivity contribution in [3.05, 3.63) is 35.4 Å². The monoisotopic (exact) mass is 312 g/mol. The van der Waals surface area contributed by atoms with Crippen LogP contribution in [0, 0.1) is 5.92 Å². The number of carbonyl (C=O) groups excluding carboxylic acids is 1. The van der Waals surface area contributed by atoms with Crippen LogP contribution in [0.4, 0.5) is 13.2 Å². The molecule has 1 saturated carbocycles. The maximum Gasteiger partial charge on any atom is 0.416 e. The lowest BCUT2D eigenvalue weighted by atomic mass is 10.1. The van der Waals surface area contributed by atoms with Crippen LogP contribution in [-0.2, 0) is 17.5 Å². The molecule has 3 rings (SSSR count). The number of hydrogen-bond donors (Lipinski definition) is 1. The Morgan fingerprint density at radius 3 is 2.64 bits per heavy atom. The highest BCUT2D eigenvalue weighted by Gasteiger charge is 2.35. The normalized spacial score (nSPS) is 22.4. The van der Waals surface area contributed by atoms with Crippen LogP contribution in [0.3, 0.4) is 0 Å². The van der Waals surface area contributed by atoms with E-state index in [-0.39, 0.29) is 24.1 Å². The Hall–Kier alpha value is -1.56. The molecule has 120 valence electrons. The fraction of sp³-hybridized carbons (Fsp3) is 0.562. The molecule has 1 heterocycles. The Balaban J connectivity index is 1.64. The van der Waals surface area contributed by atoms with E-state index in [2.05, 4.69) is 5.32 Å². The molecular formula is C16H19F3N2O. The van der Waals surface area contributed by atoms with Crippen LogP contribution in [0.1, 0.15) is 30.4 Å². The van der Waals surface area contributed by atoms with Crippen LogP contribution in [0.5, 0.6) is 0 Å². The van der Waals surface area contributed by atoms with Gasteiger partial charge in [0.2, 0.25) is 5.91 Å². The van der Waals surface area contributed by atoms with Crippen molar-refractivity contribution in [3.63, 3.8) is 0 Å². The van der Waals surface area contributed by atoms with Crippen LogP contribution in [0.15, 0.2) is 24.3 Å². The molecular weight excluding hydrogens is 293 g/mol. The SMILES string of the molecule is O=C1C[C@@H](NCC2CC2)CN1Cc1ccccc1C(F)(F)F. The lowest BCUT2D eigenvalue weighted by molar-refractivity contribution is -0.139. The number of nitrogens with zero attached hydrogens (tertiary/aromatic N) is 1. The molecule has 1 aliphatic carbocycles. The van der Waals surface area contributed by atoms with Crippen molar-refractivity contribution in [2.45, 2.75) is 38.0 Å². The number of rotatable bonds is 5. The highest BCUT2D eigenvalue weighted by molar-refractivity contribution is 5.79. The molecule has 0 radical (unpaired) electrons. The smallest absolute Gasteiger partial charge is 0.337 e. The van der Waals surface area contributed by atoms with Crippen molar-refractivity contribution in [3.8, 4) is 0 Å². The van der Waals surface area contributed by atoms with Crippen molar-refractivity contribution >= 4 is 5.91 Å². The van der Waals surface area contributed by atoms with Crippen LogP contribution >= 0.6 is 0 Å². The van der Waals surface area contributed by atoms with Gasteiger partial charge in [0.15, 0.2) is 0 Å². The van der Waals surface area contributed by atoms with Gasteiger partial charge in [-0.1, -0.05) is 18.2 Å². The number of nitrogens with one attached hydrogen (secondary N) is 1. The van der Waals surface area contributed by atoms with E-state index in [1.54, 1.807) is 6.07 Å². The zero-order chi connectivity index (χ0) is 15.7. The molecule has 2 aliphatic rings. The Kier molecular flexibility index (Phi) is 4.12. The fourth-order valence-corrected chi connectivity index (χ4v) is 2.86. The summed E-state index contributed by atoms with van der Waals surface area (Å²) in [4.78, 5) is 13.5. The van der Waals surface area contributed by atoms with Gasteiger partial charge in [-0.2, -0.15) is 13.2 Å². The molecule has 1 aliphatic heterocycles. The minimum atomic E-state index is -4.39. The third-order valence-corrected chi connectivity index (χ3v) is 4.29. The quantitative estimate of drug-likeness (QED) is 0.907. The molecule has 2 fully saturated rings. The maximum absolute atomic E-state index is 13.0. The van der Waals surface area contributed by atoms with Gasteiger partial charge in [-0.3, -0.25) is 4.79 Å². The summed E-state index contributed by atoms with van der Waals surface area (Å²) in [6.07, 6.45) is -1.55. The molecule has 1 aromatic carbocycles. The number of hydrogen-bond acceptors (Lipinski definition) is 2. The van der Waals surface area contributed by atoms with Crippen molar-refractivity contribution in [2.75, 3.05) is 13.1 Å². The van der Waals surface area contributed by atoms with Crippen LogP contribution < -0.4 is 5.32 Å². The van der Waals surface area contributed by atoms with Crippen molar-refractivity contribution in [2.24, 2.45) is 5.92 Å². The van der Waals surface area contributed by atoms with Gasteiger partial charge in [0, 0.05) is 25.6 Å². The second-order valence-corrected chi connectivity index (χ2v) is 6.18. The van der Waals surface area contributed by atoms with Gasteiger partial charge in [0.1, 0.15) is 0 Å². The fourth-order valence-electron chi connectivity index (χ4n) is 2.86. The summed E-state index contributed by atoms with van der Waals surface area (Å²) >= 11 is 0. The first-order valence-corrected chi connectivity index (χ1v) is 7.60. The average molecular weight is 312 g/mol. The molecule has 0 unspecified atom stereocenters. The predicted molar refractivity (Wildman–Crippen MR) is 76.0 cm³/mol. The summed E-state index contributed by atoms with van der Waals surface area (Å²) in [5.74, 6) is 0.639. The Morgan fingerprint density at radius 2 is 1.95 bits per heavy atom. The average Bonchev–Trinajstić information content (AvgIpc) is 3.21. The second kappa shape index (κ2) is 5.91. The van der Waals surface area contributed by atoms with Gasteiger partial charge in [-0.25, -0.2) is 0 Å². The van der Waals surface area contributed by atoms with E-state index in [4.69, 9.17) is 0 Å². The number of amides is 1. The van der Waals surface area contributed by atoms with Gasteiger partial charge in [0.05, 0.1) is 5.56 Å². The molecule has 1 N–H and O–H groups in total. The zero-order valence-corrected chi connectivity index (χ0v) is 12.2. The predicted octanol–water partition coefficient (Wildman–Crippen LogP) is 2.81. The summed E-state index contributed by atoms with van der Waals surface area (Å²) in [6.45, 7) is 1.42. The lowest BCUT2D eigenvalue weighted by Crippen LogP contribution is -2.34. The summed E-state index contributed by atoms with van der Waals surface area (Å²) in [5, 5.41) is 3.35. The third kappa shape index (κ3) is 3.61. The molecule has 1 atom stereocenters. The third-order valence-electron chi connectivity index (χ3n) is 4.29. The van der Waals surface area contributed by atoms with Crippen LogP contribution in [0.2, 0.25) is 0 Å².